The summed E-state index contributed by atoms with van der Waals surface area (Å²) >= 11 is 5.15. The summed E-state index contributed by atoms with van der Waals surface area (Å²) in [5.41, 5.74) is 2.10. The van der Waals surface area contributed by atoms with E-state index in [2.05, 4.69) is 16.0 Å². The van der Waals surface area contributed by atoms with Gasteiger partial charge in [0.1, 0.15) is 0 Å². The second kappa shape index (κ2) is 8.79. The van der Waals surface area contributed by atoms with E-state index in [0.29, 0.717) is 24.1 Å². The van der Waals surface area contributed by atoms with Crippen LogP contribution < -0.4 is 16.0 Å². The van der Waals surface area contributed by atoms with E-state index in [0.717, 1.165) is 5.56 Å². The third-order valence-electron chi connectivity index (χ3n) is 3.38. The zero-order valence-corrected chi connectivity index (χ0v) is 14.2. The Balaban J connectivity index is 1.89. The van der Waals surface area contributed by atoms with Crippen molar-refractivity contribution >= 4 is 34.8 Å². The fourth-order valence-electron chi connectivity index (χ4n) is 2.17. The molecule has 3 N–H and O–H groups in total. The van der Waals surface area contributed by atoms with Gasteiger partial charge in [-0.15, -0.1) is 0 Å². The summed E-state index contributed by atoms with van der Waals surface area (Å²) in [7, 11) is 1.56. The predicted molar refractivity (Wildman–Crippen MR) is 99.0 cm³/mol. The molecule has 0 spiro atoms. The zero-order valence-electron chi connectivity index (χ0n) is 13.3. The number of amides is 2. The Morgan fingerprint density at radius 3 is 2.38 bits per heavy atom. The van der Waals surface area contributed by atoms with Crippen LogP contribution >= 0.6 is 12.2 Å². The molecule has 0 aliphatic heterocycles. The van der Waals surface area contributed by atoms with Gasteiger partial charge in [0.2, 0.25) is 5.91 Å². The maximum Gasteiger partial charge on any atom is 0.253 e. The molecule has 0 fully saturated rings. The topological polar surface area (TPSA) is 70.2 Å². The van der Waals surface area contributed by atoms with Gasteiger partial charge in [0.15, 0.2) is 5.11 Å². The van der Waals surface area contributed by atoms with Crippen molar-refractivity contribution < 1.29 is 9.59 Å². The molecule has 0 bridgehead atoms. The Morgan fingerprint density at radius 2 is 1.67 bits per heavy atom. The molecule has 5 nitrogen and oxygen atoms in total. The maximum absolute atomic E-state index is 12.0. The highest BCUT2D eigenvalue weighted by atomic mass is 32.1. The summed E-state index contributed by atoms with van der Waals surface area (Å²) in [6, 6.07) is 16.7. The average Bonchev–Trinajstić information content (AvgIpc) is 2.60. The zero-order chi connectivity index (χ0) is 17.4. The lowest BCUT2D eigenvalue weighted by Gasteiger charge is -2.12. The normalized spacial score (nSPS) is 9.88. The quantitative estimate of drug-likeness (QED) is 0.731. The molecule has 24 heavy (non-hydrogen) atoms. The van der Waals surface area contributed by atoms with Crippen molar-refractivity contribution in [3.8, 4) is 0 Å². The standard InChI is InChI=1S/C18H19N3O2S/c1-19-17(23)14-9-5-6-10-15(14)20-18(24)21-16(22)12-11-13-7-3-2-4-8-13/h2-10H,11-12H2,1H3,(H,19,23)(H2,20,21,22,24). The first-order valence-corrected chi connectivity index (χ1v) is 7.97. The monoisotopic (exact) mass is 341 g/mol. The van der Waals surface area contributed by atoms with Gasteiger partial charge in [-0.05, 0) is 36.3 Å². The van der Waals surface area contributed by atoms with E-state index in [1.54, 1.807) is 31.3 Å². The molecule has 0 aliphatic rings. The summed E-state index contributed by atoms with van der Waals surface area (Å²) in [5.74, 6) is -0.398. The maximum atomic E-state index is 12.0. The molecule has 2 aromatic rings. The molecule has 6 heteroatoms. The van der Waals surface area contributed by atoms with Crippen LogP contribution in [0.4, 0.5) is 5.69 Å². The average molecular weight is 341 g/mol. The Bertz CT molecular complexity index is 732. The van der Waals surface area contributed by atoms with E-state index in [9.17, 15) is 9.59 Å². The molecule has 0 aromatic heterocycles. The van der Waals surface area contributed by atoms with Gasteiger partial charge in [0.25, 0.3) is 5.91 Å². The molecule has 0 saturated heterocycles. The SMILES string of the molecule is CNC(=O)c1ccccc1NC(=S)NC(=O)CCc1ccccc1. The number of para-hydroxylation sites is 1. The van der Waals surface area contributed by atoms with Gasteiger partial charge in [0, 0.05) is 13.5 Å². The van der Waals surface area contributed by atoms with Crippen LogP contribution in [0.15, 0.2) is 54.6 Å². The largest absolute Gasteiger partial charge is 0.355 e. The summed E-state index contributed by atoms with van der Waals surface area (Å²) in [5, 5.41) is 8.26. The Morgan fingerprint density at radius 1 is 1.00 bits per heavy atom. The van der Waals surface area contributed by atoms with Gasteiger partial charge in [-0.1, -0.05) is 42.5 Å². The number of benzene rings is 2. The van der Waals surface area contributed by atoms with Crippen molar-refractivity contribution in [2.75, 3.05) is 12.4 Å². The minimum absolute atomic E-state index is 0.171. The van der Waals surface area contributed by atoms with Gasteiger partial charge >= 0.3 is 0 Å². The smallest absolute Gasteiger partial charge is 0.253 e. The van der Waals surface area contributed by atoms with Crippen LogP contribution in [0.5, 0.6) is 0 Å². The summed E-state index contributed by atoms with van der Waals surface area (Å²) in [6.07, 6.45) is 0.979. The molecule has 2 amide bonds. The van der Waals surface area contributed by atoms with Crippen LogP contribution in [0.2, 0.25) is 0 Å². The van der Waals surface area contributed by atoms with Crippen LogP contribution in [0, 0.1) is 0 Å². The number of nitrogens with one attached hydrogen (secondary N) is 3. The predicted octanol–water partition coefficient (Wildman–Crippen LogP) is 2.49. The molecule has 0 aliphatic carbocycles. The lowest BCUT2D eigenvalue weighted by atomic mass is 10.1. The van der Waals surface area contributed by atoms with Gasteiger partial charge in [-0.3, -0.25) is 9.59 Å². The van der Waals surface area contributed by atoms with E-state index in [1.807, 2.05) is 30.3 Å². The number of hydrogen-bond donors (Lipinski definition) is 3. The van der Waals surface area contributed by atoms with Gasteiger partial charge in [0.05, 0.1) is 11.3 Å². The Kier molecular flexibility index (Phi) is 6.45. The van der Waals surface area contributed by atoms with Crippen LogP contribution in [0.3, 0.4) is 0 Å². The second-order valence-corrected chi connectivity index (χ2v) is 5.52. The van der Waals surface area contributed by atoms with E-state index in [1.165, 1.54) is 0 Å². The molecular formula is C18H19N3O2S. The first kappa shape index (κ1) is 17.6. The van der Waals surface area contributed by atoms with Crippen LogP contribution in [-0.4, -0.2) is 24.0 Å². The van der Waals surface area contributed by atoms with Crippen molar-refractivity contribution in [3.63, 3.8) is 0 Å². The van der Waals surface area contributed by atoms with Gasteiger partial charge < -0.3 is 16.0 Å². The molecule has 0 heterocycles. The fraction of sp³-hybridized carbons (Fsp3) is 0.167. The molecule has 2 aromatic carbocycles. The molecule has 124 valence electrons. The van der Waals surface area contributed by atoms with Gasteiger partial charge in [-0.25, -0.2) is 0 Å². The van der Waals surface area contributed by atoms with Crippen molar-refractivity contribution in [1.29, 1.82) is 0 Å². The highest BCUT2D eigenvalue weighted by Crippen LogP contribution is 2.14. The Hall–Kier alpha value is -2.73. The third kappa shape index (κ3) is 5.17. The molecule has 0 unspecified atom stereocenters. The number of carbonyl (C=O) groups is 2. The van der Waals surface area contributed by atoms with Crippen molar-refractivity contribution in [2.24, 2.45) is 0 Å². The van der Waals surface area contributed by atoms with Crippen molar-refractivity contribution in [1.82, 2.24) is 10.6 Å². The molecule has 2 rings (SSSR count). The summed E-state index contributed by atoms with van der Waals surface area (Å²) < 4.78 is 0. The third-order valence-corrected chi connectivity index (χ3v) is 3.59. The minimum Gasteiger partial charge on any atom is -0.355 e. The highest BCUT2D eigenvalue weighted by molar-refractivity contribution is 7.80. The second-order valence-electron chi connectivity index (χ2n) is 5.11. The molecule has 0 saturated carbocycles. The van der Waals surface area contributed by atoms with Crippen LogP contribution in [0.1, 0.15) is 22.3 Å². The number of thiocarbonyl (C=S) groups is 1. The number of rotatable bonds is 5. The molecule has 0 atom stereocenters. The first-order valence-electron chi connectivity index (χ1n) is 7.56. The number of aryl methyl sites for hydroxylation is 1. The number of carbonyl (C=O) groups excluding carboxylic acids is 2. The van der Waals surface area contributed by atoms with Crippen LogP contribution in [0.25, 0.3) is 0 Å². The lowest BCUT2D eigenvalue weighted by molar-refractivity contribution is -0.119. The highest BCUT2D eigenvalue weighted by Gasteiger charge is 2.11. The molecular weight excluding hydrogens is 322 g/mol. The number of hydrogen-bond acceptors (Lipinski definition) is 3. The first-order chi connectivity index (χ1) is 11.6. The lowest BCUT2D eigenvalue weighted by Crippen LogP contribution is -2.35. The van der Waals surface area contributed by atoms with Crippen molar-refractivity contribution in [3.05, 3.63) is 65.7 Å². The van der Waals surface area contributed by atoms with Crippen LogP contribution in [-0.2, 0) is 11.2 Å². The van der Waals surface area contributed by atoms with E-state index >= 15 is 0 Å². The summed E-state index contributed by atoms with van der Waals surface area (Å²) in [4.78, 5) is 23.8. The van der Waals surface area contributed by atoms with Crippen molar-refractivity contribution in [2.45, 2.75) is 12.8 Å². The van der Waals surface area contributed by atoms with E-state index < -0.39 is 0 Å². The fourth-order valence-corrected chi connectivity index (χ4v) is 2.39. The Labute approximate surface area is 146 Å². The summed E-state index contributed by atoms with van der Waals surface area (Å²) in [6.45, 7) is 0. The molecule has 0 radical (unpaired) electrons. The minimum atomic E-state index is -0.226. The van der Waals surface area contributed by atoms with E-state index in [4.69, 9.17) is 12.2 Å². The van der Waals surface area contributed by atoms with E-state index in [-0.39, 0.29) is 16.9 Å². The van der Waals surface area contributed by atoms with Gasteiger partial charge in [-0.2, -0.15) is 0 Å². The number of anilines is 1.